The molecule has 0 saturated carbocycles. The molecule has 1 unspecified atom stereocenters. The molecule has 4 heteroatoms. The number of esters is 1. The van der Waals surface area contributed by atoms with E-state index in [4.69, 9.17) is 4.74 Å². The Labute approximate surface area is 120 Å². The zero-order chi connectivity index (χ0) is 14.8. The quantitative estimate of drug-likeness (QED) is 0.346. The summed E-state index contributed by atoms with van der Waals surface area (Å²) in [6.45, 7) is 3.56. The molecule has 0 spiro atoms. The molecule has 1 heterocycles. The van der Waals surface area contributed by atoms with E-state index in [1.807, 2.05) is 18.2 Å². The molecule has 1 fully saturated rings. The predicted octanol–water partition coefficient (Wildman–Crippen LogP) is 3.49. The number of carbonyl (C=O) groups is 2. The van der Waals surface area contributed by atoms with Gasteiger partial charge >= 0.3 is 11.9 Å². The van der Waals surface area contributed by atoms with Crippen LogP contribution in [-0.2, 0) is 14.3 Å². The maximum Gasteiger partial charge on any atom is 0.348 e. The molecule has 1 atom stereocenters. The van der Waals surface area contributed by atoms with Crippen LogP contribution in [0.3, 0.4) is 0 Å². The van der Waals surface area contributed by atoms with Gasteiger partial charge in [0.1, 0.15) is 5.75 Å². The first-order chi connectivity index (χ1) is 9.63. The molecule has 2 rings (SSSR count). The third-order valence-electron chi connectivity index (χ3n) is 2.79. The Kier molecular flexibility index (Phi) is 7.40. The highest BCUT2D eigenvalue weighted by Crippen LogP contribution is 2.19. The summed E-state index contributed by atoms with van der Waals surface area (Å²) in [5, 5.41) is 0. The summed E-state index contributed by atoms with van der Waals surface area (Å²) in [7, 11) is 0. The molecule has 1 aromatic carbocycles. The maximum absolute atomic E-state index is 10.4. The molecule has 0 N–H and O–H groups in total. The Bertz CT molecular complexity index is 414. The van der Waals surface area contributed by atoms with Gasteiger partial charge in [0.25, 0.3) is 0 Å². The number of benzene rings is 1. The number of ether oxygens (including phenoxy) is 2. The van der Waals surface area contributed by atoms with Crippen LogP contribution in [0.15, 0.2) is 30.3 Å². The molecule has 1 aliphatic rings. The van der Waals surface area contributed by atoms with Gasteiger partial charge in [-0.1, -0.05) is 44.4 Å². The Morgan fingerprint density at radius 1 is 1.20 bits per heavy atom. The summed E-state index contributed by atoms with van der Waals surface area (Å²) < 4.78 is 9.43. The Balaban J connectivity index is 0.000000200. The molecule has 0 amide bonds. The molecule has 1 aliphatic heterocycles. The van der Waals surface area contributed by atoms with E-state index in [0.29, 0.717) is 5.75 Å². The van der Waals surface area contributed by atoms with Crippen LogP contribution in [0, 0.1) is 0 Å². The van der Waals surface area contributed by atoms with Crippen LogP contribution < -0.4 is 4.74 Å². The molecule has 110 valence electrons. The van der Waals surface area contributed by atoms with Crippen molar-refractivity contribution in [2.75, 3.05) is 0 Å². The van der Waals surface area contributed by atoms with Crippen LogP contribution in [0.2, 0.25) is 0 Å². The molecule has 20 heavy (non-hydrogen) atoms. The van der Waals surface area contributed by atoms with Gasteiger partial charge in [-0.15, -0.1) is 0 Å². The average Bonchev–Trinajstić information content (AvgIpc) is 3.12. The van der Waals surface area contributed by atoms with Crippen molar-refractivity contribution < 1.29 is 19.1 Å². The van der Waals surface area contributed by atoms with Crippen molar-refractivity contribution in [2.24, 2.45) is 0 Å². The van der Waals surface area contributed by atoms with Crippen molar-refractivity contribution in [3.8, 4) is 5.75 Å². The van der Waals surface area contributed by atoms with E-state index in [0.717, 1.165) is 12.8 Å². The number of cyclic esters (lactones) is 1. The fraction of sp³-hybridized carbons (Fsp3) is 0.500. The largest absolute Gasteiger partial charge is 0.448 e. The van der Waals surface area contributed by atoms with Crippen molar-refractivity contribution in [2.45, 2.75) is 52.1 Å². The Hall–Kier alpha value is -1.84. The van der Waals surface area contributed by atoms with E-state index in [2.05, 4.69) is 11.7 Å². The SMILES string of the molecule is CC(=O)Oc1ccccc1.CCCCCCC1OC1=O. The standard InChI is InChI=1S/C8H8O2.C8H14O2/c1-7(9)10-8-5-3-2-4-6-8;1-2-3-4-5-6-7-8(9)10-7/h2-6H,1H3;7H,2-6H2,1H3. The van der Waals surface area contributed by atoms with Crippen LogP contribution >= 0.6 is 0 Å². The fourth-order valence-corrected chi connectivity index (χ4v) is 1.69. The van der Waals surface area contributed by atoms with Crippen LogP contribution in [0.1, 0.15) is 46.0 Å². The van der Waals surface area contributed by atoms with Gasteiger partial charge in [0.15, 0.2) is 6.10 Å². The second kappa shape index (κ2) is 9.13. The number of epoxide rings is 1. The van der Waals surface area contributed by atoms with Crippen LogP contribution in [0.5, 0.6) is 5.75 Å². The molecule has 0 aromatic heterocycles. The fourth-order valence-electron chi connectivity index (χ4n) is 1.69. The van der Waals surface area contributed by atoms with Crippen molar-refractivity contribution in [1.82, 2.24) is 0 Å². The molecular formula is C16H22O4. The second-order valence-electron chi connectivity index (χ2n) is 4.68. The van der Waals surface area contributed by atoms with E-state index in [9.17, 15) is 9.59 Å². The van der Waals surface area contributed by atoms with Crippen LogP contribution in [0.4, 0.5) is 0 Å². The molecule has 4 nitrogen and oxygen atoms in total. The zero-order valence-electron chi connectivity index (χ0n) is 12.1. The number of rotatable bonds is 6. The predicted molar refractivity (Wildman–Crippen MR) is 76.4 cm³/mol. The summed E-state index contributed by atoms with van der Waals surface area (Å²) in [4.78, 5) is 20.7. The van der Waals surface area contributed by atoms with Gasteiger partial charge < -0.3 is 9.47 Å². The van der Waals surface area contributed by atoms with Gasteiger partial charge in [-0.05, 0) is 25.0 Å². The van der Waals surface area contributed by atoms with Crippen molar-refractivity contribution >= 4 is 11.9 Å². The normalized spacial score (nSPS) is 15.7. The highest BCUT2D eigenvalue weighted by atomic mass is 16.6. The molecule has 0 aliphatic carbocycles. The second-order valence-corrected chi connectivity index (χ2v) is 4.68. The summed E-state index contributed by atoms with van der Waals surface area (Å²) in [6, 6.07) is 8.98. The lowest BCUT2D eigenvalue weighted by Gasteiger charge is -1.97. The number of para-hydroxylation sites is 1. The Morgan fingerprint density at radius 2 is 1.85 bits per heavy atom. The third kappa shape index (κ3) is 7.56. The number of carbonyl (C=O) groups excluding carboxylic acids is 2. The number of hydrogen-bond donors (Lipinski definition) is 0. The first-order valence-corrected chi connectivity index (χ1v) is 7.07. The smallest absolute Gasteiger partial charge is 0.348 e. The van der Waals surface area contributed by atoms with E-state index >= 15 is 0 Å². The topological polar surface area (TPSA) is 55.9 Å². The summed E-state index contributed by atoms with van der Waals surface area (Å²) in [6.07, 6.45) is 5.84. The molecule has 1 aromatic rings. The number of unbranched alkanes of at least 4 members (excludes halogenated alkanes) is 3. The minimum Gasteiger partial charge on any atom is -0.448 e. The van der Waals surface area contributed by atoms with Crippen LogP contribution in [-0.4, -0.2) is 18.0 Å². The van der Waals surface area contributed by atoms with Crippen molar-refractivity contribution in [1.29, 1.82) is 0 Å². The highest BCUT2D eigenvalue weighted by Gasteiger charge is 2.36. The van der Waals surface area contributed by atoms with Crippen LogP contribution in [0.25, 0.3) is 0 Å². The van der Waals surface area contributed by atoms with Crippen molar-refractivity contribution in [3.05, 3.63) is 30.3 Å². The third-order valence-corrected chi connectivity index (χ3v) is 2.79. The van der Waals surface area contributed by atoms with E-state index in [-0.39, 0.29) is 18.0 Å². The highest BCUT2D eigenvalue weighted by molar-refractivity contribution is 5.87. The summed E-state index contributed by atoms with van der Waals surface area (Å²) in [5.74, 6) is 0.303. The van der Waals surface area contributed by atoms with E-state index in [1.165, 1.54) is 26.2 Å². The van der Waals surface area contributed by atoms with Gasteiger partial charge in [0, 0.05) is 6.92 Å². The monoisotopic (exact) mass is 278 g/mol. The molecule has 0 bridgehead atoms. The minimum absolute atomic E-state index is 0.00324. The first kappa shape index (κ1) is 16.2. The summed E-state index contributed by atoms with van der Waals surface area (Å²) >= 11 is 0. The maximum atomic E-state index is 10.4. The van der Waals surface area contributed by atoms with Gasteiger partial charge in [-0.3, -0.25) is 4.79 Å². The lowest BCUT2D eigenvalue weighted by Crippen LogP contribution is -2.00. The minimum atomic E-state index is -0.286. The Morgan fingerprint density at radius 3 is 2.35 bits per heavy atom. The first-order valence-electron chi connectivity index (χ1n) is 7.07. The lowest BCUT2D eigenvalue weighted by molar-refractivity contribution is -0.131. The van der Waals surface area contributed by atoms with E-state index < -0.39 is 0 Å². The van der Waals surface area contributed by atoms with Crippen molar-refractivity contribution in [3.63, 3.8) is 0 Å². The zero-order valence-corrected chi connectivity index (χ0v) is 12.1. The van der Waals surface area contributed by atoms with Gasteiger partial charge in [-0.25, -0.2) is 4.79 Å². The summed E-state index contributed by atoms with van der Waals surface area (Å²) in [5.41, 5.74) is 0. The molecule has 1 saturated heterocycles. The average molecular weight is 278 g/mol. The lowest BCUT2D eigenvalue weighted by atomic mass is 10.1. The van der Waals surface area contributed by atoms with E-state index in [1.54, 1.807) is 12.1 Å². The van der Waals surface area contributed by atoms with Gasteiger partial charge in [-0.2, -0.15) is 0 Å². The molecule has 0 radical (unpaired) electrons. The van der Waals surface area contributed by atoms with Gasteiger partial charge in [0.2, 0.25) is 0 Å². The molecular weight excluding hydrogens is 256 g/mol. The van der Waals surface area contributed by atoms with Gasteiger partial charge in [0.05, 0.1) is 0 Å². The number of hydrogen-bond acceptors (Lipinski definition) is 4.